The lowest BCUT2D eigenvalue weighted by Crippen LogP contribution is -2.05. The first kappa shape index (κ1) is 19.5. The second-order valence-corrected chi connectivity index (χ2v) is 7.36. The summed E-state index contributed by atoms with van der Waals surface area (Å²) < 4.78 is 4.74. The molecule has 32 heavy (non-hydrogen) atoms. The Hall–Kier alpha value is -4.45. The number of aromatic nitrogens is 1. The summed E-state index contributed by atoms with van der Waals surface area (Å²) >= 11 is 0. The van der Waals surface area contributed by atoms with Gasteiger partial charge in [-0.3, -0.25) is 9.78 Å². The van der Waals surface area contributed by atoms with E-state index in [-0.39, 0.29) is 11.9 Å². The van der Waals surface area contributed by atoms with Gasteiger partial charge in [-0.25, -0.2) is 4.79 Å². The van der Waals surface area contributed by atoms with Crippen molar-refractivity contribution in [3.63, 3.8) is 0 Å². The number of esters is 1. The maximum atomic E-state index is 12.6. The number of pyridine rings is 1. The topological polar surface area (TPSA) is 80.3 Å². The highest BCUT2D eigenvalue weighted by atomic mass is 16.5. The summed E-state index contributed by atoms with van der Waals surface area (Å²) in [5.74, 6) is -0.503. The van der Waals surface area contributed by atoms with E-state index >= 15 is 0 Å². The van der Waals surface area contributed by atoms with Crippen molar-refractivity contribution in [2.45, 2.75) is 0 Å². The molecule has 0 aliphatic carbocycles. The third-order valence-corrected chi connectivity index (χ3v) is 5.45. The van der Waals surface area contributed by atoms with Crippen molar-refractivity contribution in [2.24, 2.45) is 0 Å². The molecule has 156 valence electrons. The number of ether oxygens (including phenoxy) is 1. The van der Waals surface area contributed by atoms with Gasteiger partial charge in [0.2, 0.25) is 0 Å². The van der Waals surface area contributed by atoms with Crippen LogP contribution < -0.4 is 10.6 Å². The Kier molecular flexibility index (Phi) is 4.88. The first-order valence-electron chi connectivity index (χ1n) is 10.1. The lowest BCUT2D eigenvalue weighted by atomic mass is 10.0. The van der Waals surface area contributed by atoms with Crippen LogP contribution in [0.2, 0.25) is 0 Å². The van der Waals surface area contributed by atoms with Gasteiger partial charge in [-0.15, -0.1) is 0 Å². The van der Waals surface area contributed by atoms with Gasteiger partial charge < -0.3 is 15.4 Å². The summed E-state index contributed by atoms with van der Waals surface area (Å²) in [6, 6.07) is 22.7. The van der Waals surface area contributed by atoms with Crippen molar-refractivity contribution in [2.75, 3.05) is 17.7 Å². The molecule has 1 aliphatic heterocycles. The molecule has 0 atom stereocenters. The minimum atomic E-state index is -0.356. The number of rotatable bonds is 4. The molecule has 3 aromatic carbocycles. The van der Waals surface area contributed by atoms with Gasteiger partial charge in [0.1, 0.15) is 0 Å². The maximum absolute atomic E-state index is 12.6. The summed E-state index contributed by atoms with van der Waals surface area (Å²) in [5, 5.41) is 7.08. The van der Waals surface area contributed by atoms with E-state index in [9.17, 15) is 9.59 Å². The maximum Gasteiger partial charge on any atom is 0.337 e. The molecule has 1 amide bonds. The minimum absolute atomic E-state index is 0.147. The second-order valence-electron chi connectivity index (χ2n) is 7.36. The molecule has 0 unspecified atom stereocenters. The molecule has 2 N–H and O–H groups in total. The van der Waals surface area contributed by atoms with Crippen LogP contribution in [0.4, 0.5) is 11.4 Å². The lowest BCUT2D eigenvalue weighted by Gasteiger charge is -2.07. The number of benzene rings is 3. The number of anilines is 2. The SMILES string of the molecule is COC(=O)c1ccc(-c2ccc(N/C=C3\C(=O)Nc4ccc5ncccc5c43)cc2)cc1. The number of nitrogens with zero attached hydrogens (tertiary/aromatic N) is 1. The van der Waals surface area contributed by atoms with Crippen molar-refractivity contribution >= 4 is 39.7 Å². The number of hydrogen-bond acceptors (Lipinski definition) is 5. The molecule has 5 rings (SSSR count). The van der Waals surface area contributed by atoms with Gasteiger partial charge in [0, 0.05) is 34.7 Å². The van der Waals surface area contributed by atoms with Crippen LogP contribution in [0.1, 0.15) is 15.9 Å². The zero-order valence-corrected chi connectivity index (χ0v) is 17.3. The fraction of sp³-hybridized carbons (Fsp3) is 0.0385. The Morgan fingerprint density at radius 1 is 0.969 bits per heavy atom. The molecule has 4 aromatic rings. The van der Waals surface area contributed by atoms with Crippen LogP contribution in [-0.2, 0) is 9.53 Å². The lowest BCUT2D eigenvalue weighted by molar-refractivity contribution is -0.110. The number of amides is 1. The van der Waals surface area contributed by atoms with Crippen LogP contribution in [0.15, 0.2) is 85.2 Å². The van der Waals surface area contributed by atoms with E-state index in [1.807, 2.05) is 60.7 Å². The molecule has 0 saturated heterocycles. The van der Waals surface area contributed by atoms with E-state index in [0.717, 1.165) is 39.0 Å². The molecule has 2 heterocycles. The van der Waals surface area contributed by atoms with Crippen LogP contribution in [0.3, 0.4) is 0 Å². The van der Waals surface area contributed by atoms with Crippen LogP contribution in [0.25, 0.3) is 27.6 Å². The van der Waals surface area contributed by atoms with Crippen LogP contribution >= 0.6 is 0 Å². The number of hydrogen-bond donors (Lipinski definition) is 2. The average molecular weight is 421 g/mol. The van der Waals surface area contributed by atoms with E-state index in [1.54, 1.807) is 24.5 Å². The predicted molar refractivity (Wildman–Crippen MR) is 125 cm³/mol. The summed E-state index contributed by atoms with van der Waals surface area (Å²) in [5.41, 5.74) is 6.43. The molecule has 0 spiro atoms. The quantitative estimate of drug-likeness (QED) is 0.354. The molecular weight excluding hydrogens is 402 g/mol. The number of carbonyl (C=O) groups is 2. The van der Waals surface area contributed by atoms with Gasteiger partial charge in [0.15, 0.2) is 0 Å². The number of methoxy groups -OCH3 is 1. The number of nitrogens with one attached hydrogen (secondary N) is 2. The smallest absolute Gasteiger partial charge is 0.337 e. The summed E-state index contributed by atoms with van der Waals surface area (Å²) in [6.45, 7) is 0. The first-order valence-corrected chi connectivity index (χ1v) is 10.1. The zero-order chi connectivity index (χ0) is 22.1. The van der Waals surface area contributed by atoms with Gasteiger partial charge >= 0.3 is 5.97 Å². The average Bonchev–Trinajstić information content (AvgIpc) is 3.18. The molecule has 1 aromatic heterocycles. The van der Waals surface area contributed by atoms with Gasteiger partial charge in [-0.05, 0) is 53.6 Å². The molecule has 0 radical (unpaired) electrons. The van der Waals surface area contributed by atoms with Crippen molar-refractivity contribution < 1.29 is 14.3 Å². The third kappa shape index (κ3) is 3.48. The van der Waals surface area contributed by atoms with E-state index in [2.05, 4.69) is 15.6 Å². The van der Waals surface area contributed by atoms with Gasteiger partial charge in [0.25, 0.3) is 5.91 Å². The monoisotopic (exact) mass is 421 g/mol. The van der Waals surface area contributed by atoms with Gasteiger partial charge in [-0.2, -0.15) is 0 Å². The Bertz CT molecular complexity index is 1370. The standard InChI is InChI=1S/C26H19N3O3/c1-32-26(31)18-6-4-16(5-7-18)17-8-10-19(11-9-17)28-15-21-24-20-3-2-14-27-22(20)12-13-23(24)29-25(21)30/h2-15,28H,1H3,(H,29,30)/b21-15-. The highest BCUT2D eigenvalue weighted by Crippen LogP contribution is 2.37. The molecule has 0 fully saturated rings. The summed E-state index contributed by atoms with van der Waals surface area (Å²) in [6.07, 6.45) is 3.47. The summed E-state index contributed by atoms with van der Waals surface area (Å²) in [4.78, 5) is 28.5. The van der Waals surface area contributed by atoms with Crippen LogP contribution in [-0.4, -0.2) is 24.0 Å². The highest BCUT2D eigenvalue weighted by molar-refractivity contribution is 6.34. The molecule has 6 heteroatoms. The highest BCUT2D eigenvalue weighted by Gasteiger charge is 2.26. The van der Waals surface area contributed by atoms with Crippen molar-refractivity contribution in [1.82, 2.24) is 4.98 Å². The molecule has 0 bridgehead atoms. The Morgan fingerprint density at radius 2 is 1.69 bits per heavy atom. The van der Waals surface area contributed by atoms with Crippen LogP contribution in [0.5, 0.6) is 0 Å². The number of fused-ring (bicyclic) bond motifs is 3. The van der Waals surface area contributed by atoms with E-state index in [0.29, 0.717) is 11.1 Å². The molecule has 1 aliphatic rings. The predicted octanol–water partition coefficient (Wildman–Crippen LogP) is 5.09. The van der Waals surface area contributed by atoms with Crippen LogP contribution in [0, 0.1) is 0 Å². The summed E-state index contributed by atoms with van der Waals surface area (Å²) in [7, 11) is 1.37. The minimum Gasteiger partial charge on any atom is -0.465 e. The molecule has 0 saturated carbocycles. The normalized spacial score (nSPS) is 13.7. The van der Waals surface area contributed by atoms with Crippen molar-refractivity contribution in [1.29, 1.82) is 0 Å². The molecule has 6 nitrogen and oxygen atoms in total. The van der Waals surface area contributed by atoms with E-state index in [4.69, 9.17) is 4.74 Å². The zero-order valence-electron chi connectivity index (χ0n) is 17.3. The van der Waals surface area contributed by atoms with Crippen molar-refractivity contribution in [3.05, 3.63) is 96.3 Å². The number of carbonyl (C=O) groups excluding carboxylic acids is 2. The molecular formula is C26H19N3O3. The van der Waals surface area contributed by atoms with E-state index < -0.39 is 0 Å². The van der Waals surface area contributed by atoms with Gasteiger partial charge in [-0.1, -0.05) is 30.3 Å². The first-order chi connectivity index (χ1) is 15.6. The van der Waals surface area contributed by atoms with Crippen molar-refractivity contribution in [3.8, 4) is 11.1 Å². The Morgan fingerprint density at radius 3 is 2.41 bits per heavy atom. The fourth-order valence-electron chi connectivity index (χ4n) is 3.82. The third-order valence-electron chi connectivity index (χ3n) is 5.45. The Labute approximate surface area is 184 Å². The van der Waals surface area contributed by atoms with E-state index in [1.165, 1.54) is 7.11 Å². The van der Waals surface area contributed by atoms with Gasteiger partial charge in [0.05, 0.1) is 23.8 Å². The Balaban J connectivity index is 1.39. The second kappa shape index (κ2) is 8.00. The fourth-order valence-corrected chi connectivity index (χ4v) is 3.82. The largest absolute Gasteiger partial charge is 0.465 e.